The van der Waals surface area contributed by atoms with Crippen LogP contribution in [0.1, 0.15) is 13.8 Å². The van der Waals surface area contributed by atoms with E-state index in [2.05, 4.69) is 188 Å². The van der Waals surface area contributed by atoms with E-state index >= 15 is 0 Å². The van der Waals surface area contributed by atoms with Gasteiger partial charge in [0.1, 0.15) is 0 Å². The quantitative estimate of drug-likeness (QED) is 0.131. The van der Waals surface area contributed by atoms with E-state index in [1.807, 2.05) is 26.1 Å². The Balaban J connectivity index is 0.00000189. The Morgan fingerprint density at radius 2 is 0.875 bits per heavy atom. The fraction of sp³-hybridized carbons (Fsp3) is 0.0364. The lowest BCUT2D eigenvalue weighted by Crippen LogP contribution is -1.93. The summed E-state index contributed by atoms with van der Waals surface area (Å²) >= 11 is 0. The van der Waals surface area contributed by atoms with Gasteiger partial charge < -0.3 is 0 Å². The predicted octanol–water partition coefficient (Wildman–Crippen LogP) is 15.7. The fourth-order valence-corrected chi connectivity index (χ4v) is 8.69. The second-order valence-electron chi connectivity index (χ2n) is 14.3. The molecule has 1 aromatic heterocycles. The number of hydrogen-bond acceptors (Lipinski definition) is 1. The van der Waals surface area contributed by atoms with Crippen LogP contribution in [0.4, 0.5) is 0 Å². The molecular formula is C55H39N. The van der Waals surface area contributed by atoms with Gasteiger partial charge in [0.15, 0.2) is 0 Å². The molecule has 10 aromatic carbocycles. The van der Waals surface area contributed by atoms with Crippen molar-refractivity contribution in [1.82, 2.24) is 4.98 Å². The van der Waals surface area contributed by atoms with Crippen LogP contribution in [-0.4, -0.2) is 4.98 Å². The summed E-state index contributed by atoms with van der Waals surface area (Å²) in [6.45, 7) is 4.00. The van der Waals surface area contributed by atoms with E-state index in [9.17, 15) is 0 Å². The average Bonchev–Trinajstić information content (AvgIpc) is 3.28. The van der Waals surface area contributed by atoms with Crippen molar-refractivity contribution >= 4 is 64.6 Å². The molecule has 0 aliphatic carbocycles. The van der Waals surface area contributed by atoms with Crippen molar-refractivity contribution in [3.8, 4) is 44.6 Å². The molecule has 0 unspecified atom stereocenters. The van der Waals surface area contributed by atoms with Crippen LogP contribution >= 0.6 is 0 Å². The average molecular weight is 714 g/mol. The highest BCUT2D eigenvalue weighted by atomic mass is 14.7. The van der Waals surface area contributed by atoms with Crippen molar-refractivity contribution in [3.05, 3.63) is 200 Å². The van der Waals surface area contributed by atoms with Crippen LogP contribution in [0, 0.1) is 0 Å². The summed E-state index contributed by atoms with van der Waals surface area (Å²) < 4.78 is 0. The van der Waals surface area contributed by atoms with Gasteiger partial charge in [0.2, 0.25) is 0 Å². The molecule has 1 nitrogen and oxygen atoms in total. The standard InChI is InChI=1S/C53H33N.C2H6/c1-2-11-34(12-3-1)39-24-27-48-50(33-39)53(51-19-8-9-28-54-51)47-16-7-6-15-46(47)52(48)42-23-21-37-30-40(22-20-38(37)31-42)43-17-10-18-44-45(43)26-25-41-29-35-13-4-5-14-36(35)32-49(41)44;1-2/h1-33H;1-2H3. The molecule has 0 aliphatic rings. The summed E-state index contributed by atoms with van der Waals surface area (Å²) in [7, 11) is 0. The molecule has 0 aliphatic heterocycles. The third kappa shape index (κ3) is 5.60. The van der Waals surface area contributed by atoms with Gasteiger partial charge in [-0.2, -0.15) is 0 Å². The highest BCUT2D eigenvalue weighted by molar-refractivity contribution is 6.22. The van der Waals surface area contributed by atoms with Crippen molar-refractivity contribution in [2.75, 3.05) is 0 Å². The van der Waals surface area contributed by atoms with Crippen LogP contribution < -0.4 is 0 Å². The molecule has 0 bridgehead atoms. The Morgan fingerprint density at radius 1 is 0.286 bits per heavy atom. The van der Waals surface area contributed by atoms with Crippen molar-refractivity contribution in [3.63, 3.8) is 0 Å². The van der Waals surface area contributed by atoms with Crippen LogP contribution in [0.3, 0.4) is 0 Å². The first-order chi connectivity index (χ1) is 27.8. The van der Waals surface area contributed by atoms with Crippen LogP contribution in [0.25, 0.3) is 109 Å². The van der Waals surface area contributed by atoms with Gasteiger partial charge in [-0.15, -0.1) is 0 Å². The van der Waals surface area contributed by atoms with Crippen LogP contribution in [0.2, 0.25) is 0 Å². The number of fused-ring (bicyclic) bond motifs is 7. The van der Waals surface area contributed by atoms with E-state index in [0.29, 0.717) is 0 Å². The van der Waals surface area contributed by atoms with Crippen molar-refractivity contribution in [1.29, 1.82) is 0 Å². The van der Waals surface area contributed by atoms with E-state index in [0.717, 1.165) is 5.69 Å². The lowest BCUT2D eigenvalue weighted by Gasteiger charge is -2.18. The molecule has 11 aromatic rings. The predicted molar refractivity (Wildman–Crippen MR) is 242 cm³/mol. The van der Waals surface area contributed by atoms with Crippen molar-refractivity contribution in [2.45, 2.75) is 13.8 Å². The summed E-state index contributed by atoms with van der Waals surface area (Å²) in [5.41, 5.74) is 9.49. The molecule has 11 rings (SSSR count). The van der Waals surface area contributed by atoms with Gasteiger partial charge in [0.25, 0.3) is 0 Å². The van der Waals surface area contributed by atoms with Crippen LogP contribution in [0.15, 0.2) is 200 Å². The van der Waals surface area contributed by atoms with Crippen LogP contribution in [-0.2, 0) is 0 Å². The second kappa shape index (κ2) is 14.0. The monoisotopic (exact) mass is 713 g/mol. The molecule has 1 heterocycles. The smallest absolute Gasteiger partial charge is 0.0714 e. The normalized spacial score (nSPS) is 11.4. The Morgan fingerprint density at radius 3 is 1.66 bits per heavy atom. The summed E-state index contributed by atoms with van der Waals surface area (Å²) in [5, 5.41) is 15.0. The largest absolute Gasteiger partial charge is 0.256 e. The highest BCUT2D eigenvalue weighted by Gasteiger charge is 2.19. The minimum atomic E-state index is 0.983. The third-order valence-corrected chi connectivity index (χ3v) is 11.2. The zero-order chi connectivity index (χ0) is 37.6. The summed E-state index contributed by atoms with van der Waals surface area (Å²) in [6.07, 6.45) is 1.89. The number of rotatable bonds is 4. The lowest BCUT2D eigenvalue weighted by molar-refractivity contribution is 1.34. The first-order valence-electron chi connectivity index (χ1n) is 19.6. The highest BCUT2D eigenvalue weighted by Crippen LogP contribution is 2.45. The third-order valence-electron chi connectivity index (χ3n) is 11.2. The molecular weight excluding hydrogens is 675 g/mol. The Labute approximate surface area is 327 Å². The molecule has 0 radical (unpaired) electrons. The summed E-state index contributed by atoms with van der Waals surface area (Å²) in [6, 6.07) is 71.1. The van der Waals surface area contributed by atoms with E-state index in [4.69, 9.17) is 4.98 Å². The van der Waals surface area contributed by atoms with E-state index in [1.54, 1.807) is 0 Å². The Hall–Kier alpha value is -7.09. The minimum absolute atomic E-state index is 0.983. The minimum Gasteiger partial charge on any atom is -0.256 e. The second-order valence-corrected chi connectivity index (χ2v) is 14.3. The number of hydrogen-bond donors (Lipinski definition) is 0. The zero-order valence-corrected chi connectivity index (χ0v) is 31.5. The zero-order valence-electron chi connectivity index (χ0n) is 31.5. The van der Waals surface area contributed by atoms with Gasteiger partial charge in [-0.05, 0) is 140 Å². The first kappa shape index (κ1) is 33.5. The number of aromatic nitrogens is 1. The molecule has 0 N–H and O–H groups in total. The maximum atomic E-state index is 4.87. The molecule has 0 spiro atoms. The van der Waals surface area contributed by atoms with Crippen molar-refractivity contribution in [2.24, 2.45) is 0 Å². The van der Waals surface area contributed by atoms with Gasteiger partial charge in [-0.3, -0.25) is 4.98 Å². The molecule has 0 amide bonds. The molecule has 264 valence electrons. The topological polar surface area (TPSA) is 12.9 Å². The van der Waals surface area contributed by atoms with E-state index in [1.165, 1.54) is 104 Å². The summed E-state index contributed by atoms with van der Waals surface area (Å²) in [5.74, 6) is 0. The molecule has 0 atom stereocenters. The summed E-state index contributed by atoms with van der Waals surface area (Å²) in [4.78, 5) is 4.87. The van der Waals surface area contributed by atoms with Gasteiger partial charge in [0, 0.05) is 11.8 Å². The van der Waals surface area contributed by atoms with Gasteiger partial charge in [-0.25, -0.2) is 0 Å². The maximum Gasteiger partial charge on any atom is 0.0714 e. The first-order valence-corrected chi connectivity index (χ1v) is 19.6. The van der Waals surface area contributed by atoms with E-state index in [-0.39, 0.29) is 0 Å². The molecule has 1 heteroatoms. The SMILES string of the molecule is CC.c1ccc(-c2ccc3c(-c4ccc5cc(-c6cccc7c6ccc6cc8ccccc8cc67)ccc5c4)c4ccccc4c(-c4ccccn4)c3c2)cc1. The van der Waals surface area contributed by atoms with Gasteiger partial charge in [0.05, 0.1) is 5.69 Å². The fourth-order valence-electron chi connectivity index (χ4n) is 8.69. The van der Waals surface area contributed by atoms with Gasteiger partial charge >= 0.3 is 0 Å². The Kier molecular flexibility index (Phi) is 8.34. The molecule has 56 heavy (non-hydrogen) atoms. The van der Waals surface area contributed by atoms with Crippen LogP contribution in [0.5, 0.6) is 0 Å². The Bertz CT molecular complexity index is 3250. The van der Waals surface area contributed by atoms with E-state index < -0.39 is 0 Å². The maximum absolute atomic E-state index is 4.87. The lowest BCUT2D eigenvalue weighted by atomic mass is 9.85. The number of nitrogens with zero attached hydrogens (tertiary/aromatic N) is 1. The number of benzene rings is 10. The van der Waals surface area contributed by atoms with Crippen molar-refractivity contribution < 1.29 is 0 Å². The molecule has 0 saturated heterocycles. The van der Waals surface area contributed by atoms with Gasteiger partial charge in [-0.1, -0.05) is 166 Å². The molecule has 0 fully saturated rings. The molecule has 0 saturated carbocycles. The number of pyridine rings is 1.